The van der Waals surface area contributed by atoms with Crippen LogP contribution in [0.4, 0.5) is 5.69 Å². The monoisotopic (exact) mass is 260 g/mol. The number of hydrogen-bond acceptors (Lipinski definition) is 3. The van der Waals surface area contributed by atoms with Crippen molar-refractivity contribution in [1.29, 1.82) is 0 Å². The second-order valence-corrected chi connectivity index (χ2v) is 5.46. The average Bonchev–Trinajstić information content (AvgIpc) is 2.37. The summed E-state index contributed by atoms with van der Waals surface area (Å²) in [5.74, 6) is 0. The molecule has 1 atom stereocenters. The van der Waals surface area contributed by atoms with E-state index in [-0.39, 0.29) is 10.6 Å². The minimum Gasteiger partial charge on any atom is -0.289 e. The predicted molar refractivity (Wildman–Crippen MR) is 60.2 cm³/mol. The van der Waals surface area contributed by atoms with E-state index in [1.54, 1.807) is 0 Å². The summed E-state index contributed by atoms with van der Waals surface area (Å²) in [6, 6.07) is 4.42. The van der Waals surface area contributed by atoms with Gasteiger partial charge in [0.2, 0.25) is 0 Å². The van der Waals surface area contributed by atoms with E-state index in [9.17, 15) is 12.6 Å². The Bertz CT molecular complexity index is 606. The molecule has 0 saturated heterocycles. The van der Waals surface area contributed by atoms with Crippen molar-refractivity contribution in [3.8, 4) is 0 Å². The maximum atomic E-state index is 11.5. The van der Waals surface area contributed by atoms with E-state index in [0.29, 0.717) is 11.3 Å². The van der Waals surface area contributed by atoms with Gasteiger partial charge in [-0.1, -0.05) is 6.07 Å². The van der Waals surface area contributed by atoms with Crippen LogP contribution in [0, 0.1) is 0 Å². The molecule has 0 aliphatic carbocycles. The molecule has 1 aromatic rings. The van der Waals surface area contributed by atoms with Crippen LogP contribution in [-0.2, 0) is 21.3 Å². The van der Waals surface area contributed by atoms with Crippen LogP contribution in [0.1, 0.15) is 12.5 Å². The van der Waals surface area contributed by atoms with E-state index in [1.807, 2.05) is 0 Å². The summed E-state index contributed by atoms with van der Waals surface area (Å²) in [6.07, 6.45) is 0. The molecule has 1 aliphatic rings. The zero-order valence-electron chi connectivity index (χ0n) is 8.17. The summed E-state index contributed by atoms with van der Waals surface area (Å²) in [5.41, 5.74) is 0.939. The van der Waals surface area contributed by atoms with Crippen LogP contribution < -0.4 is 4.72 Å². The molecule has 0 spiro atoms. The molecule has 0 amide bonds. The van der Waals surface area contributed by atoms with E-state index in [2.05, 4.69) is 9.12 Å². The summed E-state index contributed by atoms with van der Waals surface area (Å²) < 4.78 is 48.2. The van der Waals surface area contributed by atoms with Crippen molar-refractivity contribution in [2.45, 2.75) is 11.8 Å². The van der Waals surface area contributed by atoms with Crippen LogP contribution in [-0.4, -0.2) is 22.9 Å². The Hall–Kier alpha value is -1.25. The van der Waals surface area contributed by atoms with Crippen molar-refractivity contribution in [1.82, 2.24) is 0 Å². The first-order valence-corrected chi connectivity index (χ1v) is 6.79. The lowest BCUT2D eigenvalue weighted by atomic mass is 10.1. The molecule has 1 aliphatic heterocycles. The van der Waals surface area contributed by atoms with E-state index in [0.717, 1.165) is 0 Å². The Labute approximate surface area is 94.9 Å². The molecule has 1 aromatic carbocycles. The standard InChI is InChI=1S/C8H8N2O4S2/c1-5-8-6(9-15(11)12)3-2-4-7(8)16(13,14)10-5/h2-4,9H,1H3,(H,11,12). The van der Waals surface area contributed by atoms with Gasteiger partial charge in [0.05, 0.1) is 11.4 Å². The van der Waals surface area contributed by atoms with Gasteiger partial charge in [-0.3, -0.25) is 9.27 Å². The largest absolute Gasteiger partial charge is 0.289 e. The fraction of sp³-hybridized carbons (Fsp3) is 0.125. The number of fused-ring (bicyclic) bond motifs is 1. The van der Waals surface area contributed by atoms with Crippen molar-refractivity contribution in [2.24, 2.45) is 4.40 Å². The van der Waals surface area contributed by atoms with Crippen molar-refractivity contribution >= 4 is 32.7 Å². The van der Waals surface area contributed by atoms with Crippen LogP contribution in [0.2, 0.25) is 0 Å². The van der Waals surface area contributed by atoms with E-state index in [4.69, 9.17) is 4.55 Å². The van der Waals surface area contributed by atoms with Gasteiger partial charge in [0.15, 0.2) is 0 Å². The highest BCUT2D eigenvalue weighted by molar-refractivity contribution is 7.90. The molecule has 2 rings (SSSR count). The van der Waals surface area contributed by atoms with Gasteiger partial charge in [-0.2, -0.15) is 12.8 Å². The van der Waals surface area contributed by atoms with Crippen LogP contribution >= 0.6 is 0 Å². The molecule has 1 unspecified atom stereocenters. The second-order valence-electron chi connectivity index (χ2n) is 3.18. The molecule has 0 aromatic heterocycles. The summed E-state index contributed by atoms with van der Waals surface area (Å²) in [5, 5.41) is 0. The fourth-order valence-electron chi connectivity index (χ4n) is 1.57. The first-order chi connectivity index (χ1) is 7.42. The summed E-state index contributed by atoms with van der Waals surface area (Å²) >= 11 is -2.25. The smallest absolute Gasteiger partial charge is 0.283 e. The SMILES string of the molecule is CC1=NS(=O)(=O)c2cccc(NS(=O)O)c21. The van der Waals surface area contributed by atoms with E-state index in [1.165, 1.54) is 25.1 Å². The molecule has 0 radical (unpaired) electrons. The number of benzene rings is 1. The topological polar surface area (TPSA) is 95.8 Å². The van der Waals surface area contributed by atoms with E-state index >= 15 is 0 Å². The van der Waals surface area contributed by atoms with Gasteiger partial charge in [-0.25, -0.2) is 4.21 Å². The number of anilines is 1. The van der Waals surface area contributed by atoms with Gasteiger partial charge in [-0.05, 0) is 19.1 Å². The molecule has 1 heterocycles. The molecule has 6 nitrogen and oxygen atoms in total. The normalized spacial score (nSPS) is 18.8. The third-order valence-electron chi connectivity index (χ3n) is 2.12. The third kappa shape index (κ3) is 1.75. The molecule has 0 saturated carbocycles. The lowest BCUT2D eigenvalue weighted by molar-refractivity contribution is 0.570. The van der Waals surface area contributed by atoms with Crippen LogP contribution in [0.25, 0.3) is 0 Å². The minimum absolute atomic E-state index is 0.0560. The van der Waals surface area contributed by atoms with Crippen LogP contribution in [0.3, 0.4) is 0 Å². The highest BCUT2D eigenvalue weighted by Crippen LogP contribution is 2.31. The fourth-order valence-corrected chi connectivity index (χ4v) is 3.25. The third-order valence-corrected chi connectivity index (χ3v) is 3.93. The molecule has 8 heteroatoms. The van der Waals surface area contributed by atoms with Gasteiger partial charge < -0.3 is 0 Å². The highest BCUT2D eigenvalue weighted by atomic mass is 32.2. The first-order valence-electron chi connectivity index (χ1n) is 4.24. The highest BCUT2D eigenvalue weighted by Gasteiger charge is 2.28. The van der Waals surface area contributed by atoms with Crippen molar-refractivity contribution in [3.05, 3.63) is 23.8 Å². The number of hydrogen-bond donors (Lipinski definition) is 2. The average molecular weight is 260 g/mol. The Kier molecular flexibility index (Phi) is 2.56. The summed E-state index contributed by atoms with van der Waals surface area (Å²) in [4.78, 5) is 0.0560. The quantitative estimate of drug-likeness (QED) is 0.767. The molecule has 2 N–H and O–H groups in total. The van der Waals surface area contributed by atoms with Gasteiger partial charge in [0.25, 0.3) is 21.3 Å². The molecule has 86 valence electrons. The zero-order valence-corrected chi connectivity index (χ0v) is 9.80. The number of nitrogens with zero attached hydrogens (tertiary/aromatic N) is 1. The maximum Gasteiger partial charge on any atom is 0.283 e. The maximum absolute atomic E-state index is 11.5. The van der Waals surface area contributed by atoms with Gasteiger partial charge in [0, 0.05) is 5.56 Å². The van der Waals surface area contributed by atoms with Crippen LogP contribution in [0.5, 0.6) is 0 Å². The lowest BCUT2D eigenvalue weighted by Gasteiger charge is -2.06. The molecule has 0 bridgehead atoms. The molecular formula is C8H8N2O4S2. The Balaban J connectivity index is 2.67. The Morgan fingerprint density at radius 3 is 2.75 bits per heavy atom. The first kappa shape index (κ1) is 11.2. The molecule has 0 fully saturated rings. The second kappa shape index (κ2) is 3.65. The summed E-state index contributed by atoms with van der Waals surface area (Å²) in [7, 11) is -3.65. The zero-order chi connectivity index (χ0) is 11.9. The van der Waals surface area contributed by atoms with Crippen molar-refractivity contribution in [3.63, 3.8) is 0 Å². The number of sulfonamides is 1. The summed E-state index contributed by atoms with van der Waals surface area (Å²) in [6.45, 7) is 1.54. The van der Waals surface area contributed by atoms with Gasteiger partial charge in [-0.15, -0.1) is 0 Å². The van der Waals surface area contributed by atoms with Gasteiger partial charge >= 0.3 is 0 Å². The minimum atomic E-state index is -3.65. The number of rotatable bonds is 2. The van der Waals surface area contributed by atoms with Crippen molar-refractivity contribution < 1.29 is 17.2 Å². The lowest BCUT2D eigenvalue weighted by Crippen LogP contribution is -2.07. The van der Waals surface area contributed by atoms with Gasteiger partial charge in [0.1, 0.15) is 4.90 Å². The molecule has 16 heavy (non-hydrogen) atoms. The molecular weight excluding hydrogens is 252 g/mol. The van der Waals surface area contributed by atoms with Crippen LogP contribution in [0.15, 0.2) is 27.5 Å². The van der Waals surface area contributed by atoms with Crippen molar-refractivity contribution in [2.75, 3.05) is 4.72 Å². The predicted octanol–water partition coefficient (Wildman–Crippen LogP) is 0.747. The Morgan fingerprint density at radius 1 is 1.44 bits per heavy atom. The Morgan fingerprint density at radius 2 is 2.12 bits per heavy atom. The number of nitrogens with one attached hydrogen (secondary N) is 1. The van der Waals surface area contributed by atoms with E-state index < -0.39 is 21.3 Å².